The van der Waals surface area contributed by atoms with Gasteiger partial charge < -0.3 is 10.0 Å². The van der Waals surface area contributed by atoms with Gasteiger partial charge in [0.15, 0.2) is 0 Å². The summed E-state index contributed by atoms with van der Waals surface area (Å²) in [7, 11) is -3.62. The number of rotatable bonds is 4. The van der Waals surface area contributed by atoms with Crippen LogP contribution in [-0.2, 0) is 26.7 Å². The Balaban J connectivity index is 1.33. The maximum Gasteiger partial charge on any atom is 0.240 e. The molecule has 35 heavy (non-hydrogen) atoms. The Kier molecular flexibility index (Phi) is 5.80. The van der Waals surface area contributed by atoms with Crippen molar-refractivity contribution in [1.29, 1.82) is 0 Å². The molecule has 2 bridgehead atoms. The van der Waals surface area contributed by atoms with E-state index in [1.807, 2.05) is 24.0 Å². The number of fused-ring (bicyclic) bond motifs is 4. The lowest BCUT2D eigenvalue weighted by molar-refractivity contribution is -0.148. The van der Waals surface area contributed by atoms with Gasteiger partial charge in [0.2, 0.25) is 15.9 Å². The Bertz CT molecular complexity index is 1270. The van der Waals surface area contributed by atoms with E-state index < -0.39 is 10.0 Å². The highest BCUT2D eigenvalue weighted by atomic mass is 32.2. The normalized spacial score (nSPS) is 29.6. The van der Waals surface area contributed by atoms with Gasteiger partial charge >= 0.3 is 0 Å². The minimum Gasteiger partial charge on any atom is -0.508 e. The minimum atomic E-state index is -3.62. The third kappa shape index (κ3) is 3.87. The van der Waals surface area contributed by atoms with Crippen molar-refractivity contribution in [3.05, 3.63) is 59.2 Å². The third-order valence-corrected chi connectivity index (χ3v) is 10.8. The zero-order valence-corrected chi connectivity index (χ0v) is 21.9. The van der Waals surface area contributed by atoms with Gasteiger partial charge in [0.1, 0.15) is 5.75 Å². The Labute approximate surface area is 208 Å². The molecule has 0 aromatic heterocycles. The number of carbonyl (C=O) groups excluding carboxylic acids is 1. The summed E-state index contributed by atoms with van der Waals surface area (Å²) in [6.45, 7) is 9.33. The van der Waals surface area contributed by atoms with Gasteiger partial charge in [-0.05, 0) is 79.3 Å². The first-order valence-corrected chi connectivity index (χ1v) is 14.1. The van der Waals surface area contributed by atoms with E-state index in [0.717, 1.165) is 17.5 Å². The van der Waals surface area contributed by atoms with Crippen molar-refractivity contribution in [2.45, 2.75) is 82.2 Å². The van der Waals surface area contributed by atoms with E-state index in [1.54, 1.807) is 24.3 Å². The smallest absolute Gasteiger partial charge is 0.240 e. The van der Waals surface area contributed by atoms with Gasteiger partial charge in [-0.25, -0.2) is 13.1 Å². The standard InChI is InChI=1S/C28H36N2O4S/c1-18-7-5-8-21(15-18)35(33,34)29-20-12-11-19(16-20)26(32)30-14-13-28(4)23-9-6-10-24(31)22(23)17-25(30)27(28,2)3/h5-10,15,19-20,25,29,31H,11-14,16-17H2,1-4H3/t19?,20?,25-,28+/m1/s1. The molecule has 1 aliphatic heterocycles. The second-order valence-electron chi connectivity index (χ2n) is 11.5. The van der Waals surface area contributed by atoms with Gasteiger partial charge in [-0.15, -0.1) is 0 Å². The first kappa shape index (κ1) is 24.3. The zero-order valence-electron chi connectivity index (χ0n) is 21.0. The number of carbonyl (C=O) groups is 1. The van der Waals surface area contributed by atoms with Gasteiger partial charge in [-0.2, -0.15) is 0 Å². The first-order valence-electron chi connectivity index (χ1n) is 12.6. The summed E-state index contributed by atoms with van der Waals surface area (Å²) >= 11 is 0. The molecule has 5 rings (SSSR count). The van der Waals surface area contributed by atoms with Gasteiger partial charge in [0, 0.05) is 30.0 Å². The second-order valence-corrected chi connectivity index (χ2v) is 13.2. The molecule has 3 aliphatic rings. The minimum absolute atomic E-state index is 0.00224. The molecule has 7 heteroatoms. The highest BCUT2D eigenvalue weighted by Crippen LogP contribution is 2.57. The predicted molar refractivity (Wildman–Crippen MR) is 136 cm³/mol. The number of aromatic hydroxyl groups is 1. The molecule has 6 nitrogen and oxygen atoms in total. The number of nitrogens with zero attached hydrogens (tertiary/aromatic N) is 1. The number of piperidine rings is 1. The summed E-state index contributed by atoms with van der Waals surface area (Å²) < 4.78 is 28.6. The topological polar surface area (TPSA) is 86.7 Å². The monoisotopic (exact) mass is 496 g/mol. The van der Waals surface area contributed by atoms with Crippen molar-refractivity contribution < 1.29 is 18.3 Å². The van der Waals surface area contributed by atoms with Crippen LogP contribution in [0.4, 0.5) is 0 Å². The maximum absolute atomic E-state index is 13.8. The van der Waals surface area contributed by atoms with Crippen LogP contribution in [0.1, 0.15) is 63.1 Å². The molecule has 2 N–H and O–H groups in total. The summed E-state index contributed by atoms with van der Waals surface area (Å²) in [6.07, 6.45) is 3.35. The van der Waals surface area contributed by atoms with E-state index in [-0.39, 0.29) is 39.6 Å². The number of hydrogen-bond donors (Lipinski definition) is 2. The number of likely N-dealkylation sites (tertiary alicyclic amines) is 1. The molecule has 2 fully saturated rings. The zero-order chi connectivity index (χ0) is 25.2. The Morgan fingerprint density at radius 3 is 2.60 bits per heavy atom. The summed E-state index contributed by atoms with van der Waals surface area (Å²) in [5.74, 6) is 0.252. The van der Waals surface area contributed by atoms with Crippen LogP contribution in [0.25, 0.3) is 0 Å². The van der Waals surface area contributed by atoms with Crippen LogP contribution in [-0.4, -0.2) is 43.0 Å². The third-order valence-electron chi connectivity index (χ3n) is 9.31. The van der Waals surface area contributed by atoms with Crippen LogP contribution in [0, 0.1) is 18.3 Å². The van der Waals surface area contributed by atoms with Crippen molar-refractivity contribution in [2.75, 3.05) is 6.54 Å². The number of phenols is 1. The Hall–Kier alpha value is -2.38. The molecule has 4 atom stereocenters. The maximum atomic E-state index is 13.8. The lowest BCUT2D eigenvalue weighted by atomic mass is 9.51. The van der Waals surface area contributed by atoms with Crippen LogP contribution in [0.5, 0.6) is 5.75 Å². The van der Waals surface area contributed by atoms with Crippen molar-refractivity contribution in [2.24, 2.45) is 11.3 Å². The molecule has 188 valence electrons. The molecule has 1 saturated carbocycles. The lowest BCUT2D eigenvalue weighted by Crippen LogP contribution is -2.65. The molecule has 2 unspecified atom stereocenters. The van der Waals surface area contributed by atoms with Crippen LogP contribution >= 0.6 is 0 Å². The molecule has 0 radical (unpaired) electrons. The molecule has 1 heterocycles. The number of nitrogens with one attached hydrogen (secondary N) is 1. The molecule has 1 saturated heterocycles. The van der Waals surface area contributed by atoms with E-state index in [9.17, 15) is 18.3 Å². The van der Waals surface area contributed by atoms with E-state index in [4.69, 9.17) is 0 Å². The number of sulfonamides is 1. The van der Waals surface area contributed by atoms with Crippen LogP contribution in [0.15, 0.2) is 47.4 Å². The highest BCUT2D eigenvalue weighted by molar-refractivity contribution is 7.89. The Morgan fingerprint density at radius 1 is 1.11 bits per heavy atom. The molecular weight excluding hydrogens is 460 g/mol. The molecular formula is C28H36N2O4S. The number of amides is 1. The molecule has 2 aromatic carbocycles. The van der Waals surface area contributed by atoms with Crippen LogP contribution in [0.3, 0.4) is 0 Å². The van der Waals surface area contributed by atoms with E-state index in [1.165, 1.54) is 5.56 Å². The molecule has 2 aliphatic carbocycles. The first-order chi connectivity index (χ1) is 16.4. The van der Waals surface area contributed by atoms with E-state index in [0.29, 0.717) is 38.0 Å². The van der Waals surface area contributed by atoms with Crippen molar-refractivity contribution >= 4 is 15.9 Å². The van der Waals surface area contributed by atoms with Crippen LogP contribution in [0.2, 0.25) is 0 Å². The average Bonchev–Trinajstić information content (AvgIpc) is 3.24. The van der Waals surface area contributed by atoms with Gasteiger partial charge in [-0.3, -0.25) is 4.79 Å². The second kappa shape index (κ2) is 8.34. The number of aryl methyl sites for hydroxylation is 1. The van der Waals surface area contributed by atoms with Crippen molar-refractivity contribution in [1.82, 2.24) is 9.62 Å². The van der Waals surface area contributed by atoms with E-state index >= 15 is 0 Å². The fourth-order valence-electron chi connectivity index (χ4n) is 6.81. The number of hydrogen-bond acceptors (Lipinski definition) is 4. The summed E-state index contributed by atoms with van der Waals surface area (Å²) in [5.41, 5.74) is 2.80. The van der Waals surface area contributed by atoms with Gasteiger partial charge in [-0.1, -0.05) is 45.0 Å². The fraction of sp³-hybridized carbons (Fsp3) is 0.536. The van der Waals surface area contributed by atoms with Crippen molar-refractivity contribution in [3.8, 4) is 5.75 Å². The summed E-state index contributed by atoms with van der Waals surface area (Å²) in [5, 5.41) is 10.6. The summed E-state index contributed by atoms with van der Waals surface area (Å²) in [6, 6.07) is 12.4. The predicted octanol–water partition coefficient (Wildman–Crippen LogP) is 4.29. The lowest BCUT2D eigenvalue weighted by Gasteiger charge is -2.61. The summed E-state index contributed by atoms with van der Waals surface area (Å²) in [4.78, 5) is 16.1. The SMILES string of the molecule is Cc1cccc(S(=O)(=O)NC2CCC(C(=O)N3CC[C@@]4(C)c5cccc(O)c5C[C@@H]3C4(C)C)C2)c1. The van der Waals surface area contributed by atoms with Crippen LogP contribution < -0.4 is 4.72 Å². The average molecular weight is 497 g/mol. The Morgan fingerprint density at radius 2 is 1.86 bits per heavy atom. The number of phenolic OH excluding ortho intramolecular Hbond substituents is 1. The molecule has 1 amide bonds. The van der Waals surface area contributed by atoms with E-state index in [2.05, 4.69) is 31.6 Å². The van der Waals surface area contributed by atoms with Gasteiger partial charge in [0.05, 0.1) is 4.90 Å². The molecule has 0 spiro atoms. The fourth-order valence-corrected chi connectivity index (χ4v) is 8.19. The van der Waals surface area contributed by atoms with Gasteiger partial charge in [0.25, 0.3) is 0 Å². The largest absolute Gasteiger partial charge is 0.508 e. The number of benzene rings is 2. The molecule has 2 aromatic rings. The highest BCUT2D eigenvalue weighted by Gasteiger charge is 2.57. The quantitative estimate of drug-likeness (QED) is 0.661. The van der Waals surface area contributed by atoms with Crippen molar-refractivity contribution in [3.63, 3.8) is 0 Å².